The van der Waals surface area contributed by atoms with Crippen molar-refractivity contribution >= 4 is 27.3 Å². The Morgan fingerprint density at radius 2 is 2.36 bits per heavy atom. The van der Waals surface area contributed by atoms with Crippen molar-refractivity contribution in [2.45, 2.75) is 13.0 Å². The van der Waals surface area contributed by atoms with Gasteiger partial charge in [-0.25, -0.2) is 0 Å². The van der Waals surface area contributed by atoms with Crippen molar-refractivity contribution in [1.82, 2.24) is 0 Å². The predicted molar refractivity (Wildman–Crippen MR) is 51.8 cm³/mol. The summed E-state index contributed by atoms with van der Waals surface area (Å²) in [6.07, 6.45) is -0.508. The average molecular weight is 233 g/mol. The van der Waals surface area contributed by atoms with E-state index in [9.17, 15) is 5.11 Å². The van der Waals surface area contributed by atoms with Gasteiger partial charge in [-0.1, -0.05) is 6.58 Å². The second-order valence-corrected chi connectivity index (χ2v) is 4.89. The van der Waals surface area contributed by atoms with Crippen molar-refractivity contribution in [3.8, 4) is 0 Å². The summed E-state index contributed by atoms with van der Waals surface area (Å²) in [5.74, 6) is 0. The van der Waals surface area contributed by atoms with Crippen molar-refractivity contribution < 1.29 is 5.11 Å². The van der Waals surface area contributed by atoms with Gasteiger partial charge < -0.3 is 5.11 Å². The van der Waals surface area contributed by atoms with Crippen LogP contribution in [-0.2, 0) is 0 Å². The van der Waals surface area contributed by atoms with Crippen LogP contribution in [0.3, 0.4) is 0 Å². The van der Waals surface area contributed by atoms with Gasteiger partial charge in [-0.15, -0.1) is 11.3 Å². The maximum absolute atomic E-state index is 9.50. The molecule has 0 aliphatic heterocycles. The zero-order valence-electron chi connectivity index (χ0n) is 6.17. The van der Waals surface area contributed by atoms with Crippen LogP contribution in [0, 0.1) is 0 Å². The van der Waals surface area contributed by atoms with Gasteiger partial charge in [-0.3, -0.25) is 0 Å². The maximum atomic E-state index is 9.50. The van der Waals surface area contributed by atoms with Crippen molar-refractivity contribution in [2.75, 3.05) is 0 Å². The van der Waals surface area contributed by atoms with E-state index in [1.165, 1.54) is 11.3 Å². The molecule has 3 heteroatoms. The molecule has 11 heavy (non-hydrogen) atoms. The van der Waals surface area contributed by atoms with Gasteiger partial charge in [0.25, 0.3) is 0 Å². The molecule has 1 rings (SSSR count). The maximum Gasteiger partial charge on any atom is 0.109 e. The van der Waals surface area contributed by atoms with Gasteiger partial charge in [0.1, 0.15) is 6.10 Å². The Morgan fingerprint density at radius 1 is 1.73 bits per heavy atom. The first-order chi connectivity index (χ1) is 5.11. The molecule has 0 amide bonds. The first-order valence-corrected chi connectivity index (χ1v) is 4.81. The van der Waals surface area contributed by atoms with Crippen LogP contribution in [0.1, 0.15) is 17.9 Å². The van der Waals surface area contributed by atoms with E-state index < -0.39 is 6.10 Å². The Morgan fingerprint density at radius 3 is 2.73 bits per heavy atom. The molecule has 1 N–H and O–H groups in total. The Kier molecular flexibility index (Phi) is 2.87. The van der Waals surface area contributed by atoms with Crippen molar-refractivity contribution in [3.05, 3.63) is 32.9 Å². The molecule has 0 aromatic carbocycles. The summed E-state index contributed by atoms with van der Waals surface area (Å²) in [6, 6.07) is 3.82. The first kappa shape index (κ1) is 8.97. The van der Waals surface area contributed by atoms with Gasteiger partial charge in [0.2, 0.25) is 0 Å². The highest BCUT2D eigenvalue weighted by Gasteiger charge is 2.09. The smallest absolute Gasteiger partial charge is 0.109 e. The topological polar surface area (TPSA) is 20.2 Å². The number of hydrogen-bond donors (Lipinski definition) is 1. The SMILES string of the molecule is C=C(C)C(O)c1ccc(Br)s1. The van der Waals surface area contributed by atoms with Crippen LogP contribution in [-0.4, -0.2) is 5.11 Å². The Labute approximate surface area is 78.5 Å². The zero-order valence-corrected chi connectivity index (χ0v) is 8.58. The van der Waals surface area contributed by atoms with Crippen LogP contribution in [0.2, 0.25) is 0 Å². The second kappa shape index (κ2) is 3.52. The molecule has 1 aromatic heterocycles. The number of halogens is 1. The summed E-state index contributed by atoms with van der Waals surface area (Å²) in [5, 5.41) is 9.50. The lowest BCUT2D eigenvalue weighted by Gasteiger charge is -2.05. The molecule has 1 heterocycles. The lowest BCUT2D eigenvalue weighted by molar-refractivity contribution is 0.220. The normalized spacial score (nSPS) is 13.0. The summed E-state index contributed by atoms with van der Waals surface area (Å²) in [4.78, 5) is 0.935. The van der Waals surface area contributed by atoms with Gasteiger partial charge in [-0.05, 0) is 40.6 Å². The first-order valence-electron chi connectivity index (χ1n) is 3.20. The molecule has 1 atom stereocenters. The van der Waals surface area contributed by atoms with Crippen LogP contribution in [0.25, 0.3) is 0 Å². The summed E-state index contributed by atoms with van der Waals surface area (Å²) in [5.41, 5.74) is 0.777. The summed E-state index contributed by atoms with van der Waals surface area (Å²) < 4.78 is 1.04. The molecule has 1 nitrogen and oxygen atoms in total. The molecule has 0 aliphatic rings. The van der Waals surface area contributed by atoms with E-state index in [1.807, 2.05) is 19.1 Å². The fourth-order valence-electron chi connectivity index (χ4n) is 0.718. The second-order valence-electron chi connectivity index (χ2n) is 2.39. The van der Waals surface area contributed by atoms with Gasteiger partial charge in [0, 0.05) is 4.88 Å². The summed E-state index contributed by atoms with van der Waals surface area (Å²) in [6.45, 7) is 5.50. The monoisotopic (exact) mass is 232 g/mol. The Bertz CT molecular complexity index is 267. The molecule has 0 aliphatic carbocycles. The quantitative estimate of drug-likeness (QED) is 0.778. The largest absolute Gasteiger partial charge is 0.383 e. The molecule has 0 saturated carbocycles. The number of thiophene rings is 1. The fourth-order valence-corrected chi connectivity index (χ4v) is 2.22. The van der Waals surface area contributed by atoms with Crippen LogP contribution < -0.4 is 0 Å². The van der Waals surface area contributed by atoms with Crippen molar-refractivity contribution in [1.29, 1.82) is 0 Å². The van der Waals surface area contributed by atoms with Crippen LogP contribution in [0.4, 0.5) is 0 Å². The van der Waals surface area contributed by atoms with Gasteiger partial charge in [0.05, 0.1) is 3.79 Å². The van der Waals surface area contributed by atoms with Crippen LogP contribution >= 0.6 is 27.3 Å². The average Bonchev–Trinajstić information content (AvgIpc) is 2.34. The number of rotatable bonds is 2. The third-order valence-corrected chi connectivity index (χ3v) is 3.01. The van der Waals surface area contributed by atoms with Gasteiger partial charge in [-0.2, -0.15) is 0 Å². The van der Waals surface area contributed by atoms with E-state index >= 15 is 0 Å². The molecular formula is C8H9BrOS. The highest BCUT2D eigenvalue weighted by atomic mass is 79.9. The molecule has 0 saturated heterocycles. The lowest BCUT2D eigenvalue weighted by Crippen LogP contribution is -1.93. The van der Waals surface area contributed by atoms with Crippen LogP contribution in [0.5, 0.6) is 0 Å². The van der Waals surface area contributed by atoms with Crippen LogP contribution in [0.15, 0.2) is 28.1 Å². The predicted octanol–water partition coefficient (Wildman–Crippen LogP) is 3.12. The van der Waals surface area contributed by atoms with Crippen molar-refractivity contribution in [3.63, 3.8) is 0 Å². The van der Waals surface area contributed by atoms with Gasteiger partial charge in [0.15, 0.2) is 0 Å². The van der Waals surface area contributed by atoms with E-state index in [0.717, 1.165) is 14.2 Å². The van der Waals surface area contributed by atoms with Gasteiger partial charge >= 0.3 is 0 Å². The number of hydrogen-bond acceptors (Lipinski definition) is 2. The Hall–Kier alpha value is -0.120. The van der Waals surface area contributed by atoms with Crippen molar-refractivity contribution in [2.24, 2.45) is 0 Å². The molecule has 60 valence electrons. The highest BCUT2D eigenvalue weighted by molar-refractivity contribution is 9.11. The lowest BCUT2D eigenvalue weighted by atomic mass is 10.2. The van der Waals surface area contributed by atoms with E-state index in [0.29, 0.717) is 0 Å². The molecular weight excluding hydrogens is 224 g/mol. The minimum absolute atomic E-state index is 0.508. The molecule has 0 spiro atoms. The highest BCUT2D eigenvalue weighted by Crippen LogP contribution is 2.30. The number of aliphatic hydroxyl groups is 1. The van der Waals surface area contributed by atoms with E-state index in [1.54, 1.807) is 0 Å². The Balaban J connectivity index is 2.84. The molecule has 0 radical (unpaired) electrons. The van der Waals surface area contributed by atoms with E-state index in [-0.39, 0.29) is 0 Å². The summed E-state index contributed by atoms with van der Waals surface area (Å²) >= 11 is 4.86. The molecule has 0 bridgehead atoms. The minimum atomic E-state index is -0.508. The standard InChI is InChI=1S/C8H9BrOS/c1-5(2)8(10)6-3-4-7(9)11-6/h3-4,8,10H,1H2,2H3. The third kappa shape index (κ3) is 2.15. The minimum Gasteiger partial charge on any atom is -0.383 e. The fraction of sp³-hybridized carbons (Fsp3) is 0.250. The molecule has 0 fully saturated rings. The summed E-state index contributed by atoms with van der Waals surface area (Å²) in [7, 11) is 0. The molecule has 1 aromatic rings. The number of aliphatic hydroxyl groups excluding tert-OH is 1. The van der Waals surface area contributed by atoms with E-state index in [4.69, 9.17) is 0 Å². The molecule has 1 unspecified atom stereocenters. The van der Waals surface area contributed by atoms with E-state index in [2.05, 4.69) is 22.5 Å². The third-order valence-electron chi connectivity index (χ3n) is 1.33. The zero-order chi connectivity index (χ0) is 8.43.